The maximum absolute atomic E-state index is 15.8. The number of aliphatic hydroxyl groups excluding tert-OH is 1. The Labute approximate surface area is 222 Å². The van der Waals surface area contributed by atoms with Crippen LogP contribution in [0.25, 0.3) is 16.6 Å². The molecule has 0 aliphatic carbocycles. The highest BCUT2D eigenvalue weighted by Gasteiger charge is 2.49. The van der Waals surface area contributed by atoms with E-state index in [1.807, 2.05) is 31.2 Å². The summed E-state index contributed by atoms with van der Waals surface area (Å²) in [6.45, 7) is 5.72. The topological polar surface area (TPSA) is 96.8 Å². The van der Waals surface area contributed by atoms with E-state index < -0.39 is 26.2 Å². The van der Waals surface area contributed by atoms with Gasteiger partial charge in [0.2, 0.25) is 14.3 Å². The molecule has 5 rings (SSSR count). The molecule has 1 unspecified atom stereocenters. The first kappa shape index (κ1) is 26.6. The summed E-state index contributed by atoms with van der Waals surface area (Å²) in [6.07, 6.45) is 0.681. The fraction of sp³-hybridized carbons (Fsp3) is 0.500. The summed E-state index contributed by atoms with van der Waals surface area (Å²) >= 11 is 0. The number of nitrogens with zero attached hydrogens (tertiary/aromatic N) is 2. The highest BCUT2D eigenvalue weighted by Crippen LogP contribution is 2.48. The molecule has 0 spiro atoms. The van der Waals surface area contributed by atoms with Crippen LogP contribution < -0.4 is 10.3 Å². The second-order valence-electron chi connectivity index (χ2n) is 11.1. The zero-order valence-electron chi connectivity index (χ0n) is 22.3. The summed E-state index contributed by atoms with van der Waals surface area (Å²) in [5, 5.41) is 13.4. The van der Waals surface area contributed by atoms with Crippen molar-refractivity contribution in [3.8, 4) is 11.4 Å². The lowest BCUT2D eigenvalue weighted by molar-refractivity contribution is -0.133. The number of fused-ring (bicyclic) bond motifs is 2. The van der Waals surface area contributed by atoms with Gasteiger partial charge in [0.15, 0.2) is 0 Å². The van der Waals surface area contributed by atoms with Crippen LogP contribution in [0.15, 0.2) is 47.3 Å². The quantitative estimate of drug-likeness (QED) is 0.343. The molecule has 10 heteroatoms. The summed E-state index contributed by atoms with van der Waals surface area (Å²) in [5.74, 6) is 0.196. The third-order valence-corrected chi connectivity index (χ3v) is 10.5. The second kappa shape index (κ2) is 10.3. The van der Waals surface area contributed by atoms with Crippen molar-refractivity contribution >= 4 is 25.2 Å². The number of halogens is 1. The van der Waals surface area contributed by atoms with Gasteiger partial charge >= 0.3 is 0 Å². The molecule has 5 atom stereocenters. The van der Waals surface area contributed by atoms with Crippen molar-refractivity contribution in [3.63, 3.8) is 0 Å². The number of aliphatic hydroxyl groups is 1. The molecular weight excluding hydrogens is 505 g/mol. The SMILES string of the molecule is CO[C@H]1c2cc(-n3[nH]c4ccccc4c3=O)ccc2O[C@@H](C(CC(=O)N2CCC[C@H]2CO)[Si](C)(C)F)[C@@H]1C. The van der Waals surface area contributed by atoms with Crippen LogP contribution in [0.1, 0.15) is 37.9 Å². The van der Waals surface area contributed by atoms with Crippen molar-refractivity contribution in [1.29, 1.82) is 0 Å². The van der Waals surface area contributed by atoms with Gasteiger partial charge in [-0.3, -0.25) is 14.7 Å². The van der Waals surface area contributed by atoms with Gasteiger partial charge in [0.25, 0.3) is 5.56 Å². The maximum atomic E-state index is 15.8. The number of benzene rings is 2. The lowest BCUT2D eigenvalue weighted by Gasteiger charge is -2.43. The number of carbonyl (C=O) groups is 1. The molecule has 2 N–H and O–H groups in total. The predicted molar refractivity (Wildman–Crippen MR) is 146 cm³/mol. The minimum Gasteiger partial charge on any atom is -0.490 e. The highest BCUT2D eigenvalue weighted by molar-refractivity contribution is 6.72. The fourth-order valence-corrected chi connectivity index (χ4v) is 7.97. The zero-order valence-corrected chi connectivity index (χ0v) is 23.3. The lowest BCUT2D eigenvalue weighted by atomic mass is 9.86. The number of hydrogen-bond donors (Lipinski definition) is 2. The number of H-pyrrole nitrogens is 1. The predicted octanol–water partition coefficient (Wildman–Crippen LogP) is 4.32. The van der Waals surface area contributed by atoms with Crippen LogP contribution in [0.4, 0.5) is 4.11 Å². The van der Waals surface area contributed by atoms with Crippen molar-refractivity contribution in [2.45, 2.75) is 63.1 Å². The van der Waals surface area contributed by atoms with Crippen LogP contribution in [0, 0.1) is 5.92 Å². The molecule has 2 aliphatic rings. The summed E-state index contributed by atoms with van der Waals surface area (Å²) in [5.41, 5.74) is 1.43. The minimum atomic E-state index is -3.36. The Morgan fingerprint density at radius 3 is 2.74 bits per heavy atom. The maximum Gasteiger partial charge on any atom is 0.279 e. The number of nitrogens with one attached hydrogen (secondary N) is 1. The average Bonchev–Trinajstić information content (AvgIpc) is 3.51. The summed E-state index contributed by atoms with van der Waals surface area (Å²) < 4.78 is 29.7. The molecule has 0 saturated carbocycles. The van der Waals surface area contributed by atoms with Gasteiger partial charge in [0, 0.05) is 37.1 Å². The number of rotatable bonds is 7. The summed E-state index contributed by atoms with van der Waals surface area (Å²) in [7, 11) is -1.74. The van der Waals surface area contributed by atoms with Crippen molar-refractivity contribution < 1.29 is 23.5 Å². The Kier molecular flexibility index (Phi) is 7.23. The number of ether oxygens (including phenoxy) is 2. The molecule has 1 fully saturated rings. The van der Waals surface area contributed by atoms with E-state index in [1.165, 1.54) is 4.68 Å². The molecule has 3 aromatic rings. The van der Waals surface area contributed by atoms with E-state index in [4.69, 9.17) is 9.47 Å². The van der Waals surface area contributed by atoms with Gasteiger partial charge < -0.3 is 23.6 Å². The van der Waals surface area contributed by atoms with Crippen LogP contribution in [0.2, 0.25) is 18.6 Å². The zero-order chi connectivity index (χ0) is 27.2. The summed E-state index contributed by atoms with van der Waals surface area (Å²) in [4.78, 5) is 28.0. The first-order chi connectivity index (χ1) is 18.1. The molecule has 1 saturated heterocycles. The molecule has 8 nitrogen and oxygen atoms in total. The van der Waals surface area contributed by atoms with Gasteiger partial charge in [0.05, 0.1) is 35.3 Å². The number of likely N-dealkylation sites (tertiary alicyclic amines) is 1. The lowest BCUT2D eigenvalue weighted by Crippen LogP contribution is -2.48. The normalized spacial score (nSPS) is 24.3. The Morgan fingerprint density at radius 2 is 2.05 bits per heavy atom. The van der Waals surface area contributed by atoms with Crippen molar-refractivity contribution in [3.05, 3.63) is 58.4 Å². The largest absolute Gasteiger partial charge is 0.490 e. The molecule has 0 radical (unpaired) electrons. The van der Waals surface area contributed by atoms with Gasteiger partial charge in [-0.25, -0.2) is 4.68 Å². The Balaban J connectivity index is 1.47. The second-order valence-corrected chi connectivity index (χ2v) is 14.9. The minimum absolute atomic E-state index is 0.0372. The third-order valence-electron chi connectivity index (χ3n) is 8.24. The van der Waals surface area contributed by atoms with E-state index in [0.717, 1.165) is 23.9 Å². The van der Waals surface area contributed by atoms with Crippen molar-refractivity contribution in [2.24, 2.45) is 5.92 Å². The van der Waals surface area contributed by atoms with Crippen LogP contribution in [0.5, 0.6) is 5.75 Å². The smallest absolute Gasteiger partial charge is 0.279 e. The molecule has 38 heavy (non-hydrogen) atoms. The molecule has 2 aromatic carbocycles. The van der Waals surface area contributed by atoms with Gasteiger partial charge in [0.1, 0.15) is 11.9 Å². The Hall–Kier alpha value is -2.95. The molecule has 0 bridgehead atoms. The van der Waals surface area contributed by atoms with Crippen LogP contribution >= 0.6 is 0 Å². The van der Waals surface area contributed by atoms with Gasteiger partial charge in [-0.15, -0.1) is 0 Å². The molecule has 1 aromatic heterocycles. The molecule has 3 heterocycles. The number of aromatic nitrogens is 2. The molecule has 2 aliphatic heterocycles. The number of aromatic amines is 1. The Morgan fingerprint density at radius 1 is 1.29 bits per heavy atom. The van der Waals surface area contributed by atoms with Crippen LogP contribution in [-0.2, 0) is 9.53 Å². The van der Waals surface area contributed by atoms with Crippen LogP contribution in [-0.4, -0.2) is 66.5 Å². The van der Waals surface area contributed by atoms with E-state index in [-0.39, 0.29) is 36.5 Å². The first-order valence-electron chi connectivity index (χ1n) is 13.3. The monoisotopic (exact) mass is 541 g/mol. The number of amides is 1. The number of carbonyl (C=O) groups excluding carboxylic acids is 1. The fourth-order valence-electron chi connectivity index (χ4n) is 6.15. The van der Waals surface area contributed by atoms with E-state index in [0.29, 0.717) is 23.4 Å². The number of para-hydroxylation sites is 1. The Bertz CT molecular complexity index is 1380. The molecule has 204 valence electrons. The number of hydrogen-bond acceptors (Lipinski definition) is 5. The number of methoxy groups -OCH3 is 1. The van der Waals surface area contributed by atoms with Crippen molar-refractivity contribution in [1.82, 2.24) is 14.7 Å². The molecular formula is C28H36FN3O5Si. The van der Waals surface area contributed by atoms with Crippen molar-refractivity contribution in [2.75, 3.05) is 20.3 Å². The van der Waals surface area contributed by atoms with Gasteiger partial charge in [-0.2, -0.15) is 0 Å². The summed E-state index contributed by atoms with van der Waals surface area (Å²) in [6, 6.07) is 12.6. The molecule has 1 amide bonds. The van der Waals surface area contributed by atoms with Gasteiger partial charge in [-0.05, 0) is 56.3 Å². The highest BCUT2D eigenvalue weighted by atomic mass is 28.4. The third kappa shape index (κ3) is 4.69. The first-order valence-corrected chi connectivity index (χ1v) is 16.2. The van der Waals surface area contributed by atoms with E-state index in [2.05, 4.69) is 5.10 Å². The van der Waals surface area contributed by atoms with E-state index >= 15 is 4.11 Å². The van der Waals surface area contributed by atoms with E-state index in [9.17, 15) is 14.7 Å². The van der Waals surface area contributed by atoms with Crippen LogP contribution in [0.3, 0.4) is 0 Å². The average molecular weight is 542 g/mol. The standard InChI is InChI=1S/C28H36FN3O5Si/c1-17-26(36-2)21-14-18(32-28(35)20-9-5-6-10-22(20)30-32)11-12-23(21)37-27(17)24(38(3,4)29)15-25(34)31-13-7-8-19(31)16-33/h5-6,9-12,14,17,19,24,26-27,30,33H,7-8,13,15-16H2,1-4H3/t17-,19+,24?,26-,27-/m1/s1. The van der Waals surface area contributed by atoms with E-state index in [1.54, 1.807) is 43.3 Å². The van der Waals surface area contributed by atoms with Gasteiger partial charge in [-0.1, -0.05) is 19.1 Å².